The number of alkyl halides is 3. The van der Waals surface area contributed by atoms with E-state index in [1.54, 1.807) is 37.3 Å². The molecule has 230 valence electrons. The number of fused-ring (bicyclic) bond motifs is 1. The number of halogens is 5. The smallest absolute Gasteiger partial charge is 0.349 e. The summed E-state index contributed by atoms with van der Waals surface area (Å²) in [5.74, 6) is -0.666. The van der Waals surface area contributed by atoms with Gasteiger partial charge in [0, 0.05) is 43.5 Å². The van der Waals surface area contributed by atoms with Crippen molar-refractivity contribution < 1.29 is 26.7 Å². The van der Waals surface area contributed by atoms with E-state index in [1.165, 1.54) is 6.07 Å². The van der Waals surface area contributed by atoms with E-state index < -0.39 is 30.6 Å². The standard InChI is InChI=1S/C30H34F5N7O/c1-5-40-9-11-41(12-10-40)28(43-17-30(33,34)35)20-7-6-8-22(13-20)38-29-36-16-24(32)26(39-29)21-14-23(31)27-25(15-21)42(18(2)3)19(4)37-27/h6-8,13-16,18,28H,5,9-12,17H2,1-4H3,(H,36,38,39). The third-order valence-corrected chi connectivity index (χ3v) is 7.48. The second-order valence-electron chi connectivity index (χ2n) is 10.8. The quantitative estimate of drug-likeness (QED) is 0.216. The minimum Gasteiger partial charge on any atom is -0.349 e. The summed E-state index contributed by atoms with van der Waals surface area (Å²) in [5.41, 5.74) is 1.81. The van der Waals surface area contributed by atoms with Crippen LogP contribution in [0, 0.1) is 18.6 Å². The van der Waals surface area contributed by atoms with Gasteiger partial charge in [0.25, 0.3) is 0 Å². The second-order valence-corrected chi connectivity index (χ2v) is 10.8. The number of hydrogen-bond donors (Lipinski definition) is 1. The van der Waals surface area contributed by atoms with E-state index in [2.05, 4.69) is 25.2 Å². The number of anilines is 2. The summed E-state index contributed by atoms with van der Waals surface area (Å²) in [6.45, 7) is 9.74. The molecule has 0 aliphatic carbocycles. The number of piperazine rings is 1. The predicted octanol–water partition coefficient (Wildman–Crippen LogP) is 6.62. The molecule has 0 bridgehead atoms. The lowest BCUT2D eigenvalue weighted by Gasteiger charge is -2.39. The summed E-state index contributed by atoms with van der Waals surface area (Å²) >= 11 is 0. The van der Waals surface area contributed by atoms with E-state index in [0.29, 0.717) is 35.7 Å². The van der Waals surface area contributed by atoms with Gasteiger partial charge in [0.1, 0.15) is 29.9 Å². The van der Waals surface area contributed by atoms with Crippen LogP contribution in [0.15, 0.2) is 42.6 Å². The highest BCUT2D eigenvalue weighted by Gasteiger charge is 2.33. The van der Waals surface area contributed by atoms with Crippen molar-refractivity contribution in [1.29, 1.82) is 0 Å². The molecule has 2 aromatic heterocycles. The number of rotatable bonds is 9. The lowest BCUT2D eigenvalue weighted by Crippen LogP contribution is -2.48. The zero-order chi connectivity index (χ0) is 30.9. The third-order valence-electron chi connectivity index (χ3n) is 7.48. The fourth-order valence-corrected chi connectivity index (χ4v) is 5.49. The monoisotopic (exact) mass is 603 g/mol. The minimum atomic E-state index is -4.48. The van der Waals surface area contributed by atoms with Crippen LogP contribution < -0.4 is 5.32 Å². The topological polar surface area (TPSA) is 71.3 Å². The van der Waals surface area contributed by atoms with Gasteiger partial charge in [-0.05, 0) is 57.1 Å². The zero-order valence-corrected chi connectivity index (χ0v) is 24.4. The van der Waals surface area contributed by atoms with Gasteiger partial charge in [-0.25, -0.2) is 23.7 Å². The molecule has 0 saturated carbocycles. The van der Waals surface area contributed by atoms with Crippen LogP contribution in [0.25, 0.3) is 22.3 Å². The molecule has 1 saturated heterocycles. The summed E-state index contributed by atoms with van der Waals surface area (Å²) in [4.78, 5) is 16.8. The number of ether oxygens (including phenoxy) is 1. The van der Waals surface area contributed by atoms with E-state index in [4.69, 9.17) is 4.74 Å². The number of nitrogens with zero attached hydrogens (tertiary/aromatic N) is 6. The molecule has 5 rings (SSSR count). The largest absolute Gasteiger partial charge is 0.411 e. The lowest BCUT2D eigenvalue weighted by molar-refractivity contribution is -0.207. The van der Waals surface area contributed by atoms with Crippen LogP contribution in [0.5, 0.6) is 0 Å². The first-order valence-corrected chi connectivity index (χ1v) is 14.2. The minimum absolute atomic E-state index is 0.00106. The Hall–Kier alpha value is -3.68. The normalized spacial score (nSPS) is 15.9. The Labute approximate surface area is 246 Å². The van der Waals surface area contributed by atoms with Gasteiger partial charge in [-0.2, -0.15) is 13.2 Å². The maximum Gasteiger partial charge on any atom is 0.411 e. The summed E-state index contributed by atoms with van der Waals surface area (Å²) < 4.78 is 76.7. The van der Waals surface area contributed by atoms with E-state index in [1.807, 2.05) is 30.2 Å². The Morgan fingerprint density at radius 1 is 1.00 bits per heavy atom. The van der Waals surface area contributed by atoms with Gasteiger partial charge in [0.05, 0.1) is 11.7 Å². The van der Waals surface area contributed by atoms with Crippen LogP contribution in [-0.4, -0.2) is 74.8 Å². The van der Waals surface area contributed by atoms with Gasteiger partial charge in [0.15, 0.2) is 11.6 Å². The van der Waals surface area contributed by atoms with Crippen LogP contribution in [0.3, 0.4) is 0 Å². The van der Waals surface area contributed by atoms with Gasteiger partial charge < -0.3 is 19.5 Å². The molecule has 4 aromatic rings. The zero-order valence-electron chi connectivity index (χ0n) is 24.4. The molecule has 1 aliphatic rings. The molecule has 0 spiro atoms. The van der Waals surface area contributed by atoms with E-state index in [-0.39, 0.29) is 28.8 Å². The van der Waals surface area contributed by atoms with E-state index in [0.717, 1.165) is 25.8 Å². The molecule has 0 radical (unpaired) electrons. The van der Waals surface area contributed by atoms with Crippen molar-refractivity contribution in [3.05, 3.63) is 65.6 Å². The fraction of sp³-hybridized carbons (Fsp3) is 0.433. The molecule has 1 atom stereocenters. The van der Waals surface area contributed by atoms with Crippen molar-refractivity contribution >= 4 is 22.7 Å². The molecule has 0 amide bonds. The first kappa shape index (κ1) is 30.8. The van der Waals surface area contributed by atoms with Crippen LogP contribution >= 0.6 is 0 Å². The van der Waals surface area contributed by atoms with Crippen LogP contribution in [0.2, 0.25) is 0 Å². The van der Waals surface area contributed by atoms with Gasteiger partial charge in [-0.1, -0.05) is 19.1 Å². The Morgan fingerprint density at radius 3 is 2.42 bits per heavy atom. The van der Waals surface area contributed by atoms with Crippen molar-refractivity contribution in [2.24, 2.45) is 0 Å². The molecular weight excluding hydrogens is 569 g/mol. The Morgan fingerprint density at radius 2 is 1.74 bits per heavy atom. The lowest BCUT2D eigenvalue weighted by atomic mass is 10.1. The van der Waals surface area contributed by atoms with Gasteiger partial charge >= 0.3 is 6.18 Å². The fourth-order valence-electron chi connectivity index (χ4n) is 5.49. The molecule has 8 nitrogen and oxygen atoms in total. The van der Waals surface area contributed by atoms with E-state index in [9.17, 15) is 17.6 Å². The molecule has 3 heterocycles. The number of nitrogens with one attached hydrogen (secondary N) is 1. The van der Waals surface area contributed by atoms with Crippen molar-refractivity contribution in [3.63, 3.8) is 0 Å². The van der Waals surface area contributed by atoms with Gasteiger partial charge in [0.2, 0.25) is 5.95 Å². The molecule has 13 heteroatoms. The number of hydrogen-bond acceptors (Lipinski definition) is 7. The van der Waals surface area contributed by atoms with Crippen molar-refractivity contribution in [3.8, 4) is 11.3 Å². The number of imidazole rings is 1. The number of aromatic nitrogens is 4. The molecule has 43 heavy (non-hydrogen) atoms. The second kappa shape index (κ2) is 12.5. The summed E-state index contributed by atoms with van der Waals surface area (Å²) in [7, 11) is 0. The Bertz CT molecular complexity index is 1580. The number of likely N-dealkylation sites (N-methyl/N-ethyl adjacent to an activating group) is 1. The molecule has 1 fully saturated rings. The summed E-state index contributed by atoms with van der Waals surface area (Å²) in [5, 5.41) is 3.01. The maximum atomic E-state index is 15.1. The number of aryl methyl sites for hydroxylation is 1. The highest BCUT2D eigenvalue weighted by molar-refractivity contribution is 5.83. The molecule has 1 N–H and O–H groups in total. The molecular formula is C30H34F5N7O. The van der Waals surface area contributed by atoms with Gasteiger partial charge in [-0.15, -0.1) is 0 Å². The summed E-state index contributed by atoms with van der Waals surface area (Å²) in [6, 6.07) is 9.58. The molecule has 2 aromatic carbocycles. The first-order chi connectivity index (χ1) is 20.4. The predicted molar refractivity (Wildman–Crippen MR) is 154 cm³/mol. The molecule has 1 unspecified atom stereocenters. The first-order valence-electron chi connectivity index (χ1n) is 14.2. The SMILES string of the molecule is CCN1CCN(C(OCC(F)(F)F)c2cccc(Nc3ncc(F)c(-c4cc(F)c5nc(C)n(C(C)C)c5c4)n3)c2)CC1. The van der Waals surface area contributed by atoms with Crippen LogP contribution in [0.1, 0.15) is 44.4 Å². The Balaban J connectivity index is 1.43. The van der Waals surface area contributed by atoms with Crippen molar-refractivity contribution in [1.82, 2.24) is 29.3 Å². The number of benzene rings is 2. The average molecular weight is 604 g/mol. The van der Waals surface area contributed by atoms with Crippen LogP contribution in [0.4, 0.5) is 33.6 Å². The van der Waals surface area contributed by atoms with Gasteiger partial charge in [-0.3, -0.25) is 4.90 Å². The third kappa shape index (κ3) is 6.94. The summed E-state index contributed by atoms with van der Waals surface area (Å²) in [6.07, 6.45) is -4.41. The van der Waals surface area contributed by atoms with Crippen molar-refractivity contribution in [2.75, 3.05) is 44.6 Å². The highest BCUT2D eigenvalue weighted by Crippen LogP contribution is 2.32. The maximum absolute atomic E-state index is 15.1. The van der Waals surface area contributed by atoms with Crippen LogP contribution in [-0.2, 0) is 4.74 Å². The Kier molecular flexibility index (Phi) is 8.95. The highest BCUT2D eigenvalue weighted by atomic mass is 19.4. The van der Waals surface area contributed by atoms with E-state index >= 15 is 4.39 Å². The van der Waals surface area contributed by atoms with Crippen molar-refractivity contribution in [2.45, 2.75) is 46.1 Å². The average Bonchev–Trinajstić information content (AvgIpc) is 3.30. The molecule has 1 aliphatic heterocycles.